The first-order valence-corrected chi connectivity index (χ1v) is 6.30. The molecule has 19 heavy (non-hydrogen) atoms. The Bertz CT molecular complexity index is 440. The monoisotopic (exact) mass is 274 g/mol. The average molecular weight is 274 g/mol. The molecule has 1 fully saturated rings. The van der Waals surface area contributed by atoms with Crippen molar-refractivity contribution in [1.29, 1.82) is 0 Å². The molecule has 1 saturated heterocycles. The highest BCUT2D eigenvalue weighted by molar-refractivity contribution is 5.62. The first-order chi connectivity index (χ1) is 8.93. The second-order valence-electron chi connectivity index (χ2n) is 4.59. The van der Waals surface area contributed by atoms with Crippen LogP contribution in [0.3, 0.4) is 0 Å². The molecule has 0 bridgehead atoms. The third kappa shape index (κ3) is 2.94. The summed E-state index contributed by atoms with van der Waals surface area (Å²) in [5.41, 5.74) is -0.700. The molecule has 1 aliphatic heterocycles. The van der Waals surface area contributed by atoms with Crippen LogP contribution in [0.4, 0.5) is 18.9 Å². The van der Waals surface area contributed by atoms with Gasteiger partial charge in [-0.15, -0.1) is 0 Å². The molecule has 0 amide bonds. The molecule has 0 atom stereocenters. The molecule has 0 aliphatic carbocycles. The van der Waals surface area contributed by atoms with Crippen LogP contribution in [0, 0.1) is 0 Å². The van der Waals surface area contributed by atoms with E-state index >= 15 is 0 Å². The maximum atomic E-state index is 12.7. The van der Waals surface area contributed by atoms with E-state index in [9.17, 15) is 18.3 Å². The molecule has 6 heteroatoms. The summed E-state index contributed by atoms with van der Waals surface area (Å²) in [6, 6.07) is 3.78. The standard InChI is InChI=1S/C13H17F3N2O/c1-2-17-6-8-18(9-7-17)11-5-3-4-10(12(11)19)13(14,15)16/h3-5,19H,2,6-9H2,1H3. The van der Waals surface area contributed by atoms with Gasteiger partial charge in [0.05, 0.1) is 11.3 Å². The van der Waals surface area contributed by atoms with Crippen LogP contribution in [0.5, 0.6) is 5.75 Å². The molecule has 0 saturated carbocycles. The van der Waals surface area contributed by atoms with Gasteiger partial charge in [0.15, 0.2) is 5.75 Å². The molecular weight excluding hydrogens is 257 g/mol. The van der Waals surface area contributed by atoms with E-state index < -0.39 is 17.5 Å². The van der Waals surface area contributed by atoms with Gasteiger partial charge in [-0.2, -0.15) is 13.2 Å². The third-order valence-electron chi connectivity index (χ3n) is 3.48. The van der Waals surface area contributed by atoms with Crippen molar-refractivity contribution in [3.8, 4) is 5.75 Å². The van der Waals surface area contributed by atoms with Crippen LogP contribution < -0.4 is 4.90 Å². The minimum Gasteiger partial charge on any atom is -0.505 e. The quantitative estimate of drug-likeness (QED) is 0.898. The molecule has 0 spiro atoms. The molecule has 1 aliphatic rings. The molecule has 0 unspecified atom stereocenters. The van der Waals surface area contributed by atoms with Gasteiger partial charge in [-0.1, -0.05) is 13.0 Å². The Kier molecular flexibility index (Phi) is 3.89. The number of piperazine rings is 1. The fourth-order valence-electron chi connectivity index (χ4n) is 2.32. The number of halogens is 3. The fourth-order valence-corrected chi connectivity index (χ4v) is 2.32. The number of hydrogen-bond donors (Lipinski definition) is 1. The summed E-state index contributed by atoms with van der Waals surface area (Å²) in [4.78, 5) is 4.03. The Labute approximate surface area is 110 Å². The van der Waals surface area contributed by atoms with E-state index in [1.807, 2.05) is 0 Å². The minimum atomic E-state index is -4.52. The van der Waals surface area contributed by atoms with Gasteiger partial charge in [-0.05, 0) is 18.7 Å². The minimum absolute atomic E-state index is 0.269. The van der Waals surface area contributed by atoms with E-state index in [4.69, 9.17) is 0 Å². The van der Waals surface area contributed by atoms with Gasteiger partial charge in [-0.25, -0.2) is 0 Å². The summed E-state index contributed by atoms with van der Waals surface area (Å²) in [5, 5.41) is 9.82. The highest BCUT2D eigenvalue weighted by atomic mass is 19.4. The van der Waals surface area contributed by atoms with E-state index in [1.165, 1.54) is 12.1 Å². The number of alkyl halides is 3. The van der Waals surface area contributed by atoms with Gasteiger partial charge in [-0.3, -0.25) is 0 Å². The lowest BCUT2D eigenvalue weighted by Crippen LogP contribution is -2.46. The lowest BCUT2D eigenvalue weighted by Gasteiger charge is -2.36. The van der Waals surface area contributed by atoms with E-state index in [0.717, 1.165) is 25.7 Å². The third-order valence-corrected chi connectivity index (χ3v) is 3.48. The van der Waals surface area contributed by atoms with Crippen LogP contribution in [-0.4, -0.2) is 42.7 Å². The normalized spacial score (nSPS) is 17.8. The van der Waals surface area contributed by atoms with E-state index in [-0.39, 0.29) is 5.69 Å². The zero-order valence-electron chi connectivity index (χ0n) is 10.7. The van der Waals surface area contributed by atoms with E-state index in [0.29, 0.717) is 13.1 Å². The van der Waals surface area contributed by atoms with Crippen LogP contribution >= 0.6 is 0 Å². The van der Waals surface area contributed by atoms with Crippen molar-refractivity contribution in [3.63, 3.8) is 0 Å². The van der Waals surface area contributed by atoms with Gasteiger partial charge in [0, 0.05) is 26.2 Å². The van der Waals surface area contributed by atoms with Gasteiger partial charge in [0.25, 0.3) is 0 Å². The Morgan fingerprint density at radius 2 is 1.79 bits per heavy atom. The van der Waals surface area contributed by atoms with Crippen molar-refractivity contribution < 1.29 is 18.3 Å². The highest BCUT2D eigenvalue weighted by Crippen LogP contribution is 2.41. The molecule has 106 valence electrons. The lowest BCUT2D eigenvalue weighted by atomic mass is 10.1. The number of benzene rings is 1. The number of hydrogen-bond acceptors (Lipinski definition) is 3. The van der Waals surface area contributed by atoms with Crippen LogP contribution in [0.25, 0.3) is 0 Å². The average Bonchev–Trinajstić information content (AvgIpc) is 2.38. The summed E-state index contributed by atoms with van der Waals surface area (Å²) in [7, 11) is 0. The number of likely N-dealkylation sites (N-methyl/N-ethyl adjacent to an activating group) is 1. The molecule has 1 heterocycles. The van der Waals surface area contributed by atoms with Gasteiger partial charge < -0.3 is 14.9 Å². The molecule has 2 rings (SSSR count). The second-order valence-corrected chi connectivity index (χ2v) is 4.59. The number of nitrogens with zero attached hydrogens (tertiary/aromatic N) is 2. The maximum absolute atomic E-state index is 12.7. The summed E-state index contributed by atoms with van der Waals surface area (Å²) in [5.74, 6) is -0.667. The SMILES string of the molecule is CCN1CCN(c2cccc(C(F)(F)F)c2O)CC1. The van der Waals surface area contributed by atoms with Crippen LogP contribution in [-0.2, 0) is 6.18 Å². The number of phenols is 1. The van der Waals surface area contributed by atoms with Crippen LogP contribution in [0.2, 0.25) is 0 Å². The van der Waals surface area contributed by atoms with E-state index in [2.05, 4.69) is 11.8 Å². The predicted octanol–water partition coefficient (Wildman–Crippen LogP) is 2.55. The van der Waals surface area contributed by atoms with Crippen molar-refractivity contribution in [1.82, 2.24) is 4.90 Å². The van der Waals surface area contributed by atoms with Gasteiger partial charge in [0.1, 0.15) is 0 Å². The number of para-hydroxylation sites is 1. The number of aromatic hydroxyl groups is 1. The fraction of sp³-hybridized carbons (Fsp3) is 0.538. The molecule has 1 N–H and O–H groups in total. The maximum Gasteiger partial charge on any atom is 0.420 e. The van der Waals surface area contributed by atoms with E-state index in [1.54, 1.807) is 4.90 Å². The first-order valence-electron chi connectivity index (χ1n) is 6.30. The zero-order chi connectivity index (χ0) is 14.0. The number of phenolic OH excluding ortho intramolecular Hbond substituents is 1. The van der Waals surface area contributed by atoms with Crippen molar-refractivity contribution in [2.75, 3.05) is 37.6 Å². The van der Waals surface area contributed by atoms with Crippen molar-refractivity contribution in [2.45, 2.75) is 13.1 Å². The van der Waals surface area contributed by atoms with Crippen LogP contribution in [0.15, 0.2) is 18.2 Å². The van der Waals surface area contributed by atoms with Crippen molar-refractivity contribution in [2.24, 2.45) is 0 Å². The molecule has 1 aromatic carbocycles. The van der Waals surface area contributed by atoms with Gasteiger partial charge in [0.2, 0.25) is 0 Å². The summed E-state index contributed by atoms with van der Waals surface area (Å²) in [6.45, 7) is 5.84. The summed E-state index contributed by atoms with van der Waals surface area (Å²) < 4.78 is 38.2. The molecule has 0 radical (unpaired) electrons. The summed E-state index contributed by atoms with van der Waals surface area (Å²) >= 11 is 0. The topological polar surface area (TPSA) is 26.7 Å². The lowest BCUT2D eigenvalue weighted by molar-refractivity contribution is -0.138. The zero-order valence-corrected chi connectivity index (χ0v) is 10.7. The number of rotatable bonds is 2. The highest BCUT2D eigenvalue weighted by Gasteiger charge is 2.35. The first kappa shape index (κ1) is 14.0. The molecule has 0 aromatic heterocycles. The molecule has 3 nitrogen and oxygen atoms in total. The Morgan fingerprint density at radius 3 is 2.32 bits per heavy atom. The predicted molar refractivity (Wildman–Crippen MR) is 67.4 cm³/mol. The van der Waals surface area contributed by atoms with Crippen molar-refractivity contribution in [3.05, 3.63) is 23.8 Å². The number of anilines is 1. The Balaban J connectivity index is 2.22. The molecule has 1 aromatic rings. The molecular formula is C13H17F3N2O. The Morgan fingerprint density at radius 1 is 1.16 bits per heavy atom. The summed E-state index contributed by atoms with van der Waals surface area (Å²) in [6.07, 6.45) is -4.52. The Hall–Kier alpha value is -1.43. The van der Waals surface area contributed by atoms with Crippen LogP contribution in [0.1, 0.15) is 12.5 Å². The van der Waals surface area contributed by atoms with Gasteiger partial charge >= 0.3 is 6.18 Å². The largest absolute Gasteiger partial charge is 0.505 e. The smallest absolute Gasteiger partial charge is 0.420 e. The second kappa shape index (κ2) is 5.28. The van der Waals surface area contributed by atoms with Crippen molar-refractivity contribution >= 4 is 5.69 Å².